The maximum atomic E-state index is 12.8. The zero-order valence-electron chi connectivity index (χ0n) is 14.9. The highest BCUT2D eigenvalue weighted by atomic mass is 32.2. The van der Waals surface area contributed by atoms with Crippen LogP contribution in [0.5, 0.6) is 0 Å². The number of esters is 1. The fraction of sp³-hybridized carbons (Fsp3) is 0.300. The predicted octanol–water partition coefficient (Wildman–Crippen LogP) is 2.65. The maximum absolute atomic E-state index is 12.8. The summed E-state index contributed by atoms with van der Waals surface area (Å²) in [6, 6.07) is 15.9. The molecule has 0 saturated carbocycles. The molecule has 1 aliphatic rings. The lowest BCUT2D eigenvalue weighted by Crippen LogP contribution is -2.29. The first-order valence-corrected chi connectivity index (χ1v) is 10.5. The van der Waals surface area contributed by atoms with Crippen LogP contribution >= 0.6 is 0 Å². The Labute approximate surface area is 158 Å². The molecule has 1 saturated heterocycles. The van der Waals surface area contributed by atoms with E-state index in [0.717, 1.165) is 5.56 Å². The van der Waals surface area contributed by atoms with Gasteiger partial charge in [0.25, 0.3) is 5.91 Å². The molecule has 0 bridgehead atoms. The number of anilines is 1. The van der Waals surface area contributed by atoms with Gasteiger partial charge in [-0.15, -0.1) is 0 Å². The van der Waals surface area contributed by atoms with Crippen molar-refractivity contribution in [3.05, 3.63) is 65.7 Å². The SMILES string of the molecule is Cc1ccc(NC(=O)C(OC(=O)C2CCS(=O)(=O)C2)c2ccccc2)cc1. The van der Waals surface area contributed by atoms with Crippen LogP contribution in [-0.2, 0) is 24.2 Å². The minimum atomic E-state index is -3.22. The van der Waals surface area contributed by atoms with Gasteiger partial charge in [0.2, 0.25) is 6.10 Å². The van der Waals surface area contributed by atoms with Crippen LogP contribution in [0.3, 0.4) is 0 Å². The molecule has 6 nitrogen and oxygen atoms in total. The number of amides is 1. The average molecular weight is 387 g/mol. The number of carbonyl (C=O) groups is 2. The molecule has 7 heteroatoms. The quantitative estimate of drug-likeness (QED) is 0.797. The summed E-state index contributed by atoms with van der Waals surface area (Å²) in [5.41, 5.74) is 2.17. The second-order valence-electron chi connectivity index (χ2n) is 6.68. The Balaban J connectivity index is 1.78. The van der Waals surface area contributed by atoms with Crippen molar-refractivity contribution in [3.8, 4) is 0 Å². The molecule has 0 aliphatic carbocycles. The van der Waals surface area contributed by atoms with Crippen molar-refractivity contribution >= 4 is 27.4 Å². The molecule has 1 aliphatic heterocycles. The molecule has 142 valence electrons. The lowest BCUT2D eigenvalue weighted by atomic mass is 10.1. The Morgan fingerprint density at radius 1 is 1.07 bits per heavy atom. The molecule has 1 heterocycles. The number of hydrogen-bond acceptors (Lipinski definition) is 5. The Kier molecular flexibility index (Phi) is 5.60. The molecule has 27 heavy (non-hydrogen) atoms. The molecule has 0 spiro atoms. The van der Waals surface area contributed by atoms with E-state index in [9.17, 15) is 18.0 Å². The predicted molar refractivity (Wildman–Crippen MR) is 102 cm³/mol. The molecule has 3 rings (SSSR count). The molecule has 2 atom stereocenters. The maximum Gasteiger partial charge on any atom is 0.311 e. The first-order valence-electron chi connectivity index (χ1n) is 8.67. The van der Waals surface area contributed by atoms with E-state index in [1.807, 2.05) is 19.1 Å². The highest BCUT2D eigenvalue weighted by Gasteiger charge is 2.36. The zero-order chi connectivity index (χ0) is 19.4. The normalized spacial score (nSPS) is 19.2. The summed E-state index contributed by atoms with van der Waals surface area (Å²) in [5.74, 6) is -2.14. The molecular weight excluding hydrogens is 366 g/mol. The van der Waals surface area contributed by atoms with E-state index < -0.39 is 33.7 Å². The Hall–Kier alpha value is -2.67. The molecule has 0 aromatic heterocycles. The van der Waals surface area contributed by atoms with Gasteiger partial charge in [0.1, 0.15) is 0 Å². The number of benzene rings is 2. The van der Waals surface area contributed by atoms with Gasteiger partial charge in [0.05, 0.1) is 17.4 Å². The topological polar surface area (TPSA) is 89.5 Å². The smallest absolute Gasteiger partial charge is 0.311 e. The van der Waals surface area contributed by atoms with E-state index >= 15 is 0 Å². The van der Waals surface area contributed by atoms with Gasteiger partial charge in [-0.3, -0.25) is 9.59 Å². The van der Waals surface area contributed by atoms with E-state index in [4.69, 9.17) is 4.74 Å². The highest BCUT2D eigenvalue weighted by Crippen LogP contribution is 2.25. The standard InChI is InChI=1S/C20H21NO5S/c1-14-7-9-17(10-8-14)21-19(22)18(15-5-3-2-4-6-15)26-20(23)16-11-12-27(24,25)13-16/h2-10,16,18H,11-13H2,1H3,(H,21,22). The van der Waals surface area contributed by atoms with E-state index in [1.165, 1.54) is 0 Å². The van der Waals surface area contributed by atoms with Crippen LogP contribution in [0.4, 0.5) is 5.69 Å². The number of hydrogen-bond donors (Lipinski definition) is 1. The summed E-state index contributed by atoms with van der Waals surface area (Å²) < 4.78 is 28.7. The summed E-state index contributed by atoms with van der Waals surface area (Å²) in [7, 11) is -3.22. The molecule has 1 N–H and O–H groups in total. The number of aryl methyl sites for hydroxylation is 1. The number of carbonyl (C=O) groups excluding carboxylic acids is 2. The average Bonchev–Trinajstić information content (AvgIpc) is 3.02. The van der Waals surface area contributed by atoms with Crippen LogP contribution in [0.2, 0.25) is 0 Å². The van der Waals surface area contributed by atoms with Gasteiger partial charge >= 0.3 is 5.97 Å². The number of rotatable bonds is 5. The van der Waals surface area contributed by atoms with Crippen LogP contribution in [-0.4, -0.2) is 31.8 Å². The van der Waals surface area contributed by atoms with Gasteiger partial charge in [-0.05, 0) is 25.5 Å². The minimum absolute atomic E-state index is 0.0294. The Morgan fingerprint density at radius 3 is 2.33 bits per heavy atom. The monoisotopic (exact) mass is 387 g/mol. The first kappa shape index (κ1) is 19.1. The first-order chi connectivity index (χ1) is 12.8. The third-order valence-corrected chi connectivity index (χ3v) is 6.23. The molecule has 1 amide bonds. The molecule has 2 aromatic rings. The number of sulfone groups is 1. The summed E-state index contributed by atoms with van der Waals surface area (Å²) in [6.07, 6.45) is -0.925. The van der Waals surface area contributed by atoms with Crippen LogP contribution < -0.4 is 5.32 Å². The molecule has 0 radical (unpaired) electrons. The second kappa shape index (κ2) is 7.92. The lowest BCUT2D eigenvalue weighted by Gasteiger charge is -2.19. The number of nitrogens with one attached hydrogen (secondary N) is 1. The zero-order valence-corrected chi connectivity index (χ0v) is 15.7. The van der Waals surface area contributed by atoms with Gasteiger partial charge in [0, 0.05) is 11.3 Å². The second-order valence-corrected chi connectivity index (χ2v) is 8.91. The van der Waals surface area contributed by atoms with Gasteiger partial charge in [-0.2, -0.15) is 0 Å². The molecular formula is C20H21NO5S. The van der Waals surface area contributed by atoms with Crippen molar-refractivity contribution in [2.24, 2.45) is 5.92 Å². The summed E-state index contributed by atoms with van der Waals surface area (Å²) in [5, 5.41) is 2.75. The van der Waals surface area contributed by atoms with Crippen molar-refractivity contribution in [1.82, 2.24) is 0 Å². The molecule has 2 aromatic carbocycles. The summed E-state index contributed by atoms with van der Waals surface area (Å²) >= 11 is 0. The van der Waals surface area contributed by atoms with Crippen molar-refractivity contribution in [1.29, 1.82) is 0 Å². The molecule has 1 fully saturated rings. The largest absolute Gasteiger partial charge is 0.447 e. The van der Waals surface area contributed by atoms with Gasteiger partial charge in [0.15, 0.2) is 9.84 Å². The van der Waals surface area contributed by atoms with Crippen molar-refractivity contribution < 1.29 is 22.7 Å². The Bertz CT molecular complexity index is 923. The Morgan fingerprint density at radius 2 is 1.74 bits per heavy atom. The van der Waals surface area contributed by atoms with Crippen molar-refractivity contribution in [2.75, 3.05) is 16.8 Å². The van der Waals surface area contributed by atoms with E-state index in [1.54, 1.807) is 42.5 Å². The number of ether oxygens (including phenoxy) is 1. The highest BCUT2D eigenvalue weighted by molar-refractivity contribution is 7.91. The van der Waals surface area contributed by atoms with Gasteiger partial charge in [-0.25, -0.2) is 8.42 Å². The van der Waals surface area contributed by atoms with Crippen molar-refractivity contribution in [3.63, 3.8) is 0 Å². The fourth-order valence-corrected chi connectivity index (χ4v) is 4.66. The van der Waals surface area contributed by atoms with E-state index in [0.29, 0.717) is 11.3 Å². The van der Waals surface area contributed by atoms with Crippen LogP contribution in [0, 0.1) is 12.8 Å². The summed E-state index contributed by atoms with van der Waals surface area (Å²) in [6.45, 7) is 1.94. The van der Waals surface area contributed by atoms with E-state index in [2.05, 4.69) is 5.32 Å². The lowest BCUT2D eigenvalue weighted by molar-refractivity contribution is -0.158. The third-order valence-electron chi connectivity index (χ3n) is 4.46. The van der Waals surface area contributed by atoms with Crippen molar-refractivity contribution in [2.45, 2.75) is 19.4 Å². The van der Waals surface area contributed by atoms with E-state index in [-0.39, 0.29) is 17.9 Å². The third kappa shape index (κ3) is 4.95. The van der Waals surface area contributed by atoms with Gasteiger partial charge < -0.3 is 10.1 Å². The summed E-state index contributed by atoms with van der Waals surface area (Å²) in [4.78, 5) is 25.2. The minimum Gasteiger partial charge on any atom is -0.447 e. The van der Waals surface area contributed by atoms with Crippen LogP contribution in [0.25, 0.3) is 0 Å². The van der Waals surface area contributed by atoms with Crippen LogP contribution in [0.15, 0.2) is 54.6 Å². The van der Waals surface area contributed by atoms with Crippen LogP contribution in [0.1, 0.15) is 23.7 Å². The fourth-order valence-electron chi connectivity index (χ4n) is 2.94. The van der Waals surface area contributed by atoms with Gasteiger partial charge in [-0.1, -0.05) is 48.0 Å². The molecule has 2 unspecified atom stereocenters.